The zero-order valence-electron chi connectivity index (χ0n) is 10.8. The van der Waals surface area contributed by atoms with Gasteiger partial charge in [-0.15, -0.1) is 0 Å². The Labute approximate surface area is 117 Å². The number of nitrogens with one attached hydrogen (secondary N) is 2. The molecule has 0 spiro atoms. The highest BCUT2D eigenvalue weighted by molar-refractivity contribution is 6.31. The summed E-state index contributed by atoms with van der Waals surface area (Å²) in [5.41, 5.74) is 3.57. The first-order valence-corrected chi connectivity index (χ1v) is 6.33. The number of carbonyl (C=O) groups is 1. The Kier molecular flexibility index (Phi) is 4.07. The van der Waals surface area contributed by atoms with Gasteiger partial charge in [-0.25, -0.2) is 4.79 Å². The van der Waals surface area contributed by atoms with Gasteiger partial charge in [-0.3, -0.25) is 0 Å². The third kappa shape index (κ3) is 3.73. The summed E-state index contributed by atoms with van der Waals surface area (Å²) in [5.74, 6) is 0. The first-order valence-electron chi connectivity index (χ1n) is 5.95. The summed E-state index contributed by atoms with van der Waals surface area (Å²) in [6.07, 6.45) is 0. The number of rotatable bonds is 2. The van der Waals surface area contributed by atoms with Gasteiger partial charge < -0.3 is 10.6 Å². The standard InChI is InChI=1S/C15H15ClN2O/c1-10-3-7-13(8-4-10)17-15(19)18-14-9-12(16)6-5-11(14)2/h3-9H,1-2H3,(H2,17,18,19). The minimum atomic E-state index is -0.283. The van der Waals surface area contributed by atoms with E-state index in [1.807, 2.05) is 44.2 Å². The van der Waals surface area contributed by atoms with Crippen molar-refractivity contribution in [3.05, 3.63) is 58.6 Å². The van der Waals surface area contributed by atoms with E-state index < -0.39 is 0 Å². The Hall–Kier alpha value is -2.00. The maximum absolute atomic E-state index is 11.9. The lowest BCUT2D eigenvalue weighted by atomic mass is 10.2. The Bertz CT molecular complexity index is 594. The number of aryl methyl sites for hydroxylation is 2. The van der Waals surface area contributed by atoms with E-state index in [1.165, 1.54) is 0 Å². The molecule has 2 rings (SSSR count). The van der Waals surface area contributed by atoms with Crippen LogP contribution in [0, 0.1) is 13.8 Å². The van der Waals surface area contributed by atoms with E-state index in [9.17, 15) is 4.79 Å². The highest BCUT2D eigenvalue weighted by Gasteiger charge is 2.05. The molecule has 2 aromatic rings. The molecule has 19 heavy (non-hydrogen) atoms. The van der Waals surface area contributed by atoms with E-state index in [0.717, 1.165) is 16.8 Å². The van der Waals surface area contributed by atoms with Crippen LogP contribution in [-0.4, -0.2) is 6.03 Å². The molecule has 0 aliphatic rings. The predicted molar refractivity (Wildman–Crippen MR) is 80.0 cm³/mol. The number of hydrogen-bond donors (Lipinski definition) is 2. The number of amides is 2. The van der Waals surface area contributed by atoms with Crippen LogP contribution in [0.4, 0.5) is 16.2 Å². The maximum Gasteiger partial charge on any atom is 0.323 e. The molecule has 0 fully saturated rings. The van der Waals surface area contributed by atoms with E-state index in [0.29, 0.717) is 10.7 Å². The van der Waals surface area contributed by atoms with Gasteiger partial charge in [0.1, 0.15) is 0 Å². The van der Waals surface area contributed by atoms with Crippen LogP contribution in [0.2, 0.25) is 5.02 Å². The van der Waals surface area contributed by atoms with Crippen LogP contribution >= 0.6 is 11.6 Å². The number of hydrogen-bond acceptors (Lipinski definition) is 1. The van der Waals surface area contributed by atoms with Crippen molar-refractivity contribution in [2.45, 2.75) is 13.8 Å². The lowest BCUT2D eigenvalue weighted by Crippen LogP contribution is -2.19. The van der Waals surface area contributed by atoms with Crippen LogP contribution < -0.4 is 10.6 Å². The highest BCUT2D eigenvalue weighted by Crippen LogP contribution is 2.20. The molecule has 0 saturated heterocycles. The second-order valence-electron chi connectivity index (χ2n) is 4.40. The minimum Gasteiger partial charge on any atom is -0.308 e. The van der Waals surface area contributed by atoms with Crippen molar-refractivity contribution in [1.29, 1.82) is 0 Å². The first-order chi connectivity index (χ1) is 9.04. The van der Waals surface area contributed by atoms with Crippen molar-refractivity contribution < 1.29 is 4.79 Å². The van der Waals surface area contributed by atoms with Gasteiger partial charge in [0.15, 0.2) is 0 Å². The lowest BCUT2D eigenvalue weighted by Gasteiger charge is -2.10. The summed E-state index contributed by atoms with van der Waals surface area (Å²) < 4.78 is 0. The molecule has 0 aliphatic carbocycles. The van der Waals surface area contributed by atoms with Crippen LogP contribution in [0.15, 0.2) is 42.5 Å². The highest BCUT2D eigenvalue weighted by atomic mass is 35.5. The molecule has 0 saturated carbocycles. The topological polar surface area (TPSA) is 41.1 Å². The monoisotopic (exact) mass is 274 g/mol. The number of urea groups is 1. The zero-order valence-corrected chi connectivity index (χ0v) is 11.6. The Morgan fingerprint density at radius 3 is 2.37 bits per heavy atom. The molecule has 2 amide bonds. The summed E-state index contributed by atoms with van der Waals surface area (Å²) in [4.78, 5) is 11.9. The van der Waals surface area contributed by atoms with Gasteiger partial charge in [0.05, 0.1) is 0 Å². The van der Waals surface area contributed by atoms with Crippen LogP contribution in [0.1, 0.15) is 11.1 Å². The Morgan fingerprint density at radius 2 is 1.68 bits per heavy atom. The normalized spacial score (nSPS) is 10.1. The zero-order chi connectivity index (χ0) is 13.8. The lowest BCUT2D eigenvalue weighted by molar-refractivity contribution is 0.262. The van der Waals surface area contributed by atoms with Crippen LogP contribution in [0.3, 0.4) is 0 Å². The first kappa shape index (κ1) is 13.4. The summed E-state index contributed by atoms with van der Waals surface area (Å²) in [5, 5.41) is 6.14. The van der Waals surface area contributed by atoms with Crippen molar-refractivity contribution in [2.75, 3.05) is 10.6 Å². The van der Waals surface area contributed by atoms with E-state index in [-0.39, 0.29) is 6.03 Å². The van der Waals surface area contributed by atoms with Crippen molar-refractivity contribution >= 4 is 29.0 Å². The second-order valence-corrected chi connectivity index (χ2v) is 4.84. The molecule has 0 radical (unpaired) electrons. The van der Waals surface area contributed by atoms with E-state index in [1.54, 1.807) is 12.1 Å². The molecule has 2 N–H and O–H groups in total. The quantitative estimate of drug-likeness (QED) is 0.825. The third-order valence-electron chi connectivity index (χ3n) is 2.76. The molecule has 0 aromatic heterocycles. The fourth-order valence-electron chi connectivity index (χ4n) is 1.65. The fraction of sp³-hybridized carbons (Fsp3) is 0.133. The maximum atomic E-state index is 11.9. The molecular formula is C15H15ClN2O. The molecule has 0 unspecified atom stereocenters. The summed E-state index contributed by atoms with van der Waals surface area (Å²) in [7, 11) is 0. The summed E-state index contributed by atoms with van der Waals surface area (Å²) >= 11 is 5.91. The average Bonchev–Trinajstić information content (AvgIpc) is 2.37. The molecule has 98 valence electrons. The Balaban J connectivity index is 2.05. The minimum absolute atomic E-state index is 0.283. The van der Waals surface area contributed by atoms with Gasteiger partial charge in [0, 0.05) is 16.4 Å². The SMILES string of the molecule is Cc1ccc(NC(=O)Nc2cc(Cl)ccc2C)cc1. The third-order valence-corrected chi connectivity index (χ3v) is 2.99. The van der Waals surface area contributed by atoms with Crippen LogP contribution in [0.5, 0.6) is 0 Å². The number of carbonyl (C=O) groups excluding carboxylic acids is 1. The number of benzene rings is 2. The predicted octanol–water partition coefficient (Wildman–Crippen LogP) is 4.60. The number of halogens is 1. The van der Waals surface area contributed by atoms with Gasteiger partial charge >= 0.3 is 6.03 Å². The Morgan fingerprint density at radius 1 is 1.00 bits per heavy atom. The molecule has 0 bridgehead atoms. The van der Waals surface area contributed by atoms with Crippen molar-refractivity contribution in [2.24, 2.45) is 0 Å². The average molecular weight is 275 g/mol. The molecule has 3 nitrogen and oxygen atoms in total. The van der Waals surface area contributed by atoms with Gasteiger partial charge in [0.25, 0.3) is 0 Å². The van der Waals surface area contributed by atoms with E-state index >= 15 is 0 Å². The fourth-order valence-corrected chi connectivity index (χ4v) is 1.82. The van der Waals surface area contributed by atoms with E-state index in [4.69, 9.17) is 11.6 Å². The van der Waals surface area contributed by atoms with Crippen LogP contribution in [0.25, 0.3) is 0 Å². The molecule has 4 heteroatoms. The molecule has 0 aliphatic heterocycles. The number of anilines is 2. The summed E-state index contributed by atoms with van der Waals surface area (Å²) in [6.45, 7) is 3.91. The van der Waals surface area contributed by atoms with Crippen molar-refractivity contribution in [3.63, 3.8) is 0 Å². The smallest absolute Gasteiger partial charge is 0.308 e. The largest absolute Gasteiger partial charge is 0.323 e. The van der Waals surface area contributed by atoms with Gasteiger partial charge in [-0.05, 0) is 43.7 Å². The molecule has 0 heterocycles. The van der Waals surface area contributed by atoms with Gasteiger partial charge in [-0.1, -0.05) is 35.4 Å². The molecule has 0 atom stereocenters. The van der Waals surface area contributed by atoms with E-state index in [2.05, 4.69) is 10.6 Å². The molecular weight excluding hydrogens is 260 g/mol. The molecule has 2 aromatic carbocycles. The second kappa shape index (κ2) is 5.76. The van der Waals surface area contributed by atoms with Crippen molar-refractivity contribution in [1.82, 2.24) is 0 Å². The summed E-state index contributed by atoms with van der Waals surface area (Å²) in [6, 6.07) is 12.7. The van der Waals surface area contributed by atoms with Gasteiger partial charge in [0.2, 0.25) is 0 Å². The van der Waals surface area contributed by atoms with Crippen molar-refractivity contribution in [3.8, 4) is 0 Å². The van der Waals surface area contributed by atoms with Gasteiger partial charge in [-0.2, -0.15) is 0 Å². The van der Waals surface area contributed by atoms with Crippen LogP contribution in [-0.2, 0) is 0 Å².